The van der Waals surface area contributed by atoms with Crippen LogP contribution >= 0.6 is 0 Å². The summed E-state index contributed by atoms with van der Waals surface area (Å²) in [6.07, 6.45) is 10.8. The average Bonchev–Trinajstić information content (AvgIpc) is 3.24. The smallest absolute Gasteiger partial charge is 0.227 e. The summed E-state index contributed by atoms with van der Waals surface area (Å²) in [4.78, 5) is 29.5. The summed E-state index contributed by atoms with van der Waals surface area (Å²) in [6, 6.07) is 0. The molecule has 0 N–H and O–H groups in total. The van der Waals surface area contributed by atoms with Crippen LogP contribution in [0.15, 0.2) is 22.5 Å². The van der Waals surface area contributed by atoms with Crippen molar-refractivity contribution in [3.05, 3.63) is 23.9 Å². The van der Waals surface area contributed by atoms with Crippen LogP contribution in [-0.2, 0) is 16.0 Å². The van der Waals surface area contributed by atoms with Crippen molar-refractivity contribution in [2.75, 3.05) is 0 Å². The third-order valence-electron chi connectivity index (χ3n) is 8.65. The van der Waals surface area contributed by atoms with Crippen LogP contribution in [-0.4, -0.2) is 21.7 Å². The van der Waals surface area contributed by atoms with Gasteiger partial charge in [-0.25, -0.2) is 0 Å². The van der Waals surface area contributed by atoms with E-state index in [2.05, 4.69) is 30.1 Å². The van der Waals surface area contributed by atoms with Crippen molar-refractivity contribution in [1.82, 2.24) is 10.1 Å². The first kappa shape index (κ1) is 17.3. The molecular formula is C22H28N2O3. The second kappa shape index (κ2) is 5.86. The zero-order valence-corrected chi connectivity index (χ0v) is 16.2. The lowest BCUT2D eigenvalue weighted by atomic mass is 9.47. The van der Waals surface area contributed by atoms with Gasteiger partial charge in [-0.05, 0) is 55.3 Å². The molecule has 4 aliphatic rings. The standard InChI is InChI=1S/C22H28N2O3/c1-21-8-7-17-15(16(21)5-6-19(21)26)4-3-14-10-18(25)13(11-22(14,17)2)9-20-23-12-24-27-20/h3,12-13,15-17H,4-11H2,1-2H3. The lowest BCUT2D eigenvalue weighted by Crippen LogP contribution is -2.51. The Morgan fingerprint density at radius 1 is 1.19 bits per heavy atom. The fourth-order valence-corrected chi connectivity index (χ4v) is 7.12. The predicted molar refractivity (Wildman–Crippen MR) is 98.6 cm³/mol. The molecule has 1 heterocycles. The minimum atomic E-state index is -0.101. The topological polar surface area (TPSA) is 73.1 Å². The molecule has 0 spiro atoms. The molecule has 3 fully saturated rings. The van der Waals surface area contributed by atoms with Gasteiger partial charge < -0.3 is 4.52 Å². The summed E-state index contributed by atoms with van der Waals surface area (Å²) in [5.74, 6) is 3.01. The summed E-state index contributed by atoms with van der Waals surface area (Å²) >= 11 is 0. The molecule has 3 saturated carbocycles. The molecule has 5 heteroatoms. The molecule has 1 aromatic heterocycles. The van der Waals surface area contributed by atoms with E-state index in [1.165, 1.54) is 11.9 Å². The first-order valence-corrected chi connectivity index (χ1v) is 10.4. The van der Waals surface area contributed by atoms with Gasteiger partial charge in [-0.15, -0.1) is 0 Å². The number of hydrogen-bond donors (Lipinski definition) is 0. The van der Waals surface area contributed by atoms with E-state index < -0.39 is 0 Å². The van der Waals surface area contributed by atoms with Gasteiger partial charge in [0, 0.05) is 30.6 Å². The number of ketones is 2. The third kappa shape index (κ3) is 2.43. The Hall–Kier alpha value is -1.78. The zero-order valence-electron chi connectivity index (χ0n) is 16.2. The van der Waals surface area contributed by atoms with Crippen LogP contribution in [0.5, 0.6) is 0 Å². The molecule has 6 unspecified atom stereocenters. The molecule has 5 nitrogen and oxygen atoms in total. The van der Waals surface area contributed by atoms with Gasteiger partial charge >= 0.3 is 0 Å². The van der Waals surface area contributed by atoms with E-state index in [1.807, 2.05) is 0 Å². The van der Waals surface area contributed by atoms with E-state index >= 15 is 0 Å². The van der Waals surface area contributed by atoms with Gasteiger partial charge in [0.25, 0.3) is 0 Å². The molecule has 0 aliphatic heterocycles. The van der Waals surface area contributed by atoms with E-state index in [0.29, 0.717) is 48.1 Å². The lowest BCUT2D eigenvalue weighted by Gasteiger charge is -2.57. The molecular weight excluding hydrogens is 340 g/mol. The Bertz CT molecular complexity index is 814. The van der Waals surface area contributed by atoms with Gasteiger partial charge in [0.1, 0.15) is 11.6 Å². The Balaban J connectivity index is 1.45. The molecule has 4 aliphatic carbocycles. The van der Waals surface area contributed by atoms with Gasteiger partial charge in [0.15, 0.2) is 6.33 Å². The number of aromatic nitrogens is 2. The van der Waals surface area contributed by atoms with Crippen LogP contribution < -0.4 is 0 Å². The maximum absolute atomic E-state index is 12.8. The normalized spacial score (nSPS) is 43.7. The van der Waals surface area contributed by atoms with Crippen molar-refractivity contribution in [3.63, 3.8) is 0 Å². The lowest BCUT2D eigenvalue weighted by molar-refractivity contribution is -0.133. The van der Waals surface area contributed by atoms with Crippen LogP contribution in [0.25, 0.3) is 0 Å². The highest BCUT2D eigenvalue weighted by molar-refractivity contribution is 5.87. The second-order valence-electron chi connectivity index (χ2n) is 9.76. The molecule has 6 atom stereocenters. The number of carbonyl (C=O) groups excluding carboxylic acids is 2. The Morgan fingerprint density at radius 2 is 2.00 bits per heavy atom. The van der Waals surface area contributed by atoms with Crippen molar-refractivity contribution in [2.24, 2.45) is 34.5 Å². The fourth-order valence-electron chi connectivity index (χ4n) is 7.12. The maximum Gasteiger partial charge on any atom is 0.227 e. The number of fused-ring (bicyclic) bond motifs is 5. The largest absolute Gasteiger partial charge is 0.340 e. The number of Topliss-reactive ketones (excluding diaryl/α,β-unsaturated/α-hetero) is 2. The highest BCUT2D eigenvalue weighted by atomic mass is 16.5. The number of rotatable bonds is 2. The molecule has 5 rings (SSSR count). The number of hydrogen-bond acceptors (Lipinski definition) is 5. The van der Waals surface area contributed by atoms with Crippen LogP contribution in [0.1, 0.15) is 64.7 Å². The predicted octanol–water partition coefficient (Wildman–Crippen LogP) is 3.94. The average molecular weight is 368 g/mol. The van der Waals surface area contributed by atoms with Gasteiger partial charge in [-0.1, -0.05) is 30.7 Å². The summed E-state index contributed by atoms with van der Waals surface area (Å²) in [5, 5.41) is 3.69. The summed E-state index contributed by atoms with van der Waals surface area (Å²) in [6.45, 7) is 4.59. The number of carbonyl (C=O) groups is 2. The Morgan fingerprint density at radius 3 is 2.78 bits per heavy atom. The van der Waals surface area contributed by atoms with Gasteiger partial charge in [-0.2, -0.15) is 4.98 Å². The molecule has 144 valence electrons. The highest BCUT2D eigenvalue weighted by Crippen LogP contribution is 2.64. The van der Waals surface area contributed by atoms with Crippen LogP contribution in [0.3, 0.4) is 0 Å². The molecule has 0 radical (unpaired) electrons. The molecule has 0 saturated heterocycles. The SMILES string of the molecule is CC12CCC3C(CC=C4CC(=O)C(Cc5ncno5)CC43C)C1CCC2=O. The molecule has 1 aromatic rings. The van der Waals surface area contributed by atoms with Gasteiger partial charge in [0.2, 0.25) is 5.89 Å². The van der Waals surface area contributed by atoms with Crippen molar-refractivity contribution in [2.45, 2.75) is 65.2 Å². The van der Waals surface area contributed by atoms with E-state index in [9.17, 15) is 9.59 Å². The second-order valence-corrected chi connectivity index (χ2v) is 9.76. The first-order valence-electron chi connectivity index (χ1n) is 10.4. The summed E-state index contributed by atoms with van der Waals surface area (Å²) < 4.78 is 5.18. The molecule has 0 aromatic carbocycles. The zero-order chi connectivity index (χ0) is 18.8. The summed E-state index contributed by atoms with van der Waals surface area (Å²) in [7, 11) is 0. The van der Waals surface area contributed by atoms with Crippen LogP contribution in [0, 0.1) is 34.5 Å². The Kier molecular flexibility index (Phi) is 3.76. The fraction of sp³-hybridized carbons (Fsp3) is 0.727. The quantitative estimate of drug-likeness (QED) is 0.739. The van der Waals surface area contributed by atoms with Crippen molar-refractivity contribution < 1.29 is 14.1 Å². The molecule has 0 bridgehead atoms. The van der Waals surface area contributed by atoms with Crippen molar-refractivity contribution in [3.8, 4) is 0 Å². The van der Waals surface area contributed by atoms with E-state index in [-0.39, 0.29) is 16.7 Å². The first-order chi connectivity index (χ1) is 12.9. The number of nitrogens with zero attached hydrogens (tertiary/aromatic N) is 2. The minimum Gasteiger partial charge on any atom is -0.340 e. The van der Waals surface area contributed by atoms with Crippen molar-refractivity contribution >= 4 is 11.6 Å². The van der Waals surface area contributed by atoms with E-state index in [0.717, 1.165) is 38.5 Å². The summed E-state index contributed by atoms with van der Waals surface area (Å²) in [5.41, 5.74) is 1.31. The molecule has 0 amide bonds. The van der Waals surface area contributed by atoms with E-state index in [1.54, 1.807) is 0 Å². The number of allylic oxidation sites excluding steroid dienone is 2. The highest BCUT2D eigenvalue weighted by Gasteiger charge is 2.59. The minimum absolute atomic E-state index is 0.0372. The third-order valence-corrected chi connectivity index (χ3v) is 8.65. The van der Waals surface area contributed by atoms with Gasteiger partial charge in [-0.3, -0.25) is 9.59 Å². The van der Waals surface area contributed by atoms with Gasteiger partial charge in [0.05, 0.1) is 0 Å². The van der Waals surface area contributed by atoms with Crippen LogP contribution in [0.4, 0.5) is 0 Å². The Labute approximate surface area is 160 Å². The van der Waals surface area contributed by atoms with Crippen LogP contribution in [0.2, 0.25) is 0 Å². The monoisotopic (exact) mass is 368 g/mol. The molecule has 27 heavy (non-hydrogen) atoms. The van der Waals surface area contributed by atoms with Crippen molar-refractivity contribution in [1.29, 1.82) is 0 Å². The maximum atomic E-state index is 12.8. The van der Waals surface area contributed by atoms with E-state index in [4.69, 9.17) is 4.52 Å².